The molecule has 27 heteroatoms. The van der Waals surface area contributed by atoms with E-state index >= 15 is 0 Å². The van der Waals surface area contributed by atoms with Crippen molar-refractivity contribution in [1.29, 1.82) is 0 Å². The van der Waals surface area contributed by atoms with E-state index in [4.69, 9.17) is 85.3 Å². The fourth-order valence-corrected chi connectivity index (χ4v) is 14.4. The molecule has 0 saturated carbocycles. The molecule has 4 amide bonds. The third kappa shape index (κ3) is 17.1. The van der Waals surface area contributed by atoms with Crippen LogP contribution in [0.1, 0.15) is 155 Å². The van der Waals surface area contributed by atoms with E-state index in [0.29, 0.717) is 0 Å². The third-order valence-corrected chi connectivity index (χ3v) is 18.3. The van der Waals surface area contributed by atoms with Crippen LogP contribution in [-0.2, 0) is 104 Å². The lowest BCUT2D eigenvalue weighted by Crippen LogP contribution is -2.61. The Morgan fingerprint density at radius 2 is 0.640 bits per heavy atom. The summed E-state index contributed by atoms with van der Waals surface area (Å²) in [5.74, 6) is -7.14. The molecule has 8 aliphatic heterocycles. The van der Waals surface area contributed by atoms with E-state index in [-0.39, 0.29) is 69.1 Å². The normalized spacial score (nSPS) is 38.7. The summed E-state index contributed by atoms with van der Waals surface area (Å²) in [6.45, 7) is 27.3. The molecule has 4 unspecified atom stereocenters. The fourth-order valence-electron chi connectivity index (χ4n) is 14.4. The van der Waals surface area contributed by atoms with Crippen molar-refractivity contribution >= 4 is 29.8 Å². The molecule has 8 saturated heterocycles. The number of amides is 4. The zero-order valence-corrected chi connectivity index (χ0v) is 55.9. The van der Waals surface area contributed by atoms with Gasteiger partial charge in [0.2, 0.25) is 17.7 Å². The Morgan fingerprint density at radius 3 is 0.876 bits per heavy atom. The van der Waals surface area contributed by atoms with Crippen molar-refractivity contribution in [1.82, 2.24) is 21.3 Å². The summed E-state index contributed by atoms with van der Waals surface area (Å²) in [6.07, 6.45) is -11.4. The molecule has 24 atom stereocenters. The van der Waals surface area contributed by atoms with E-state index in [1.807, 2.05) is 27.7 Å². The van der Waals surface area contributed by atoms with Gasteiger partial charge < -0.3 is 107 Å². The number of carbonyl (C=O) groups is 5. The van der Waals surface area contributed by atoms with Crippen molar-refractivity contribution in [3.63, 3.8) is 0 Å². The summed E-state index contributed by atoms with van der Waals surface area (Å²) in [5, 5.41) is 12.6. The van der Waals surface area contributed by atoms with Crippen molar-refractivity contribution in [3.8, 4) is 0 Å². The molecule has 0 spiro atoms. The standard InChI is InChI=1S/C62H104N4O23/c1-29-41(77-53-49(45(29)73-17)81-59(8,9)85-53)33(22-26-38(68)65-35(24-28-40(70)72-16)43-31(3)47(75-19)51-55(79-43)87-61(12,13)83-51)63-37(67)25-21-34(42-30(2)46(74-18)50-54(78-42)86-60(10,11)82-50)64-39(69)27-23-36(66-57(71)89-58(5,6)7)44-32(4)48(76-20)52-56(80-44)88-62(14,15)84-52/h29-36,41-56H,21-28H2,1-20H3,(H,63,67)(H,64,69)(H,65,68)(H,66,71)/t29-,30-,31-,32-,33+,34+,35+,36+,41?,42?,43?,44?,45+,46+,47+,48+,49-,50-,51-,52-,53-,54-,55-,56-/m1/s1. The Labute approximate surface area is 524 Å². The van der Waals surface area contributed by atoms with Crippen LogP contribution in [-0.4, -0.2) is 217 Å². The molecule has 0 bridgehead atoms. The number of hydrogen-bond acceptors (Lipinski definition) is 23. The first-order valence-corrected chi connectivity index (χ1v) is 31.7. The van der Waals surface area contributed by atoms with Crippen LogP contribution in [0.4, 0.5) is 4.79 Å². The Kier molecular flexibility index (Phi) is 22.9. The summed E-state index contributed by atoms with van der Waals surface area (Å²) >= 11 is 0. The lowest BCUT2D eigenvalue weighted by atomic mass is 9.84. The van der Waals surface area contributed by atoms with E-state index in [1.165, 1.54) is 7.11 Å². The van der Waals surface area contributed by atoms with Gasteiger partial charge in [-0.1, -0.05) is 27.7 Å². The number of esters is 1. The minimum Gasteiger partial charge on any atom is -0.469 e. The predicted molar refractivity (Wildman–Crippen MR) is 313 cm³/mol. The zero-order valence-electron chi connectivity index (χ0n) is 55.9. The van der Waals surface area contributed by atoms with Crippen LogP contribution in [0.15, 0.2) is 0 Å². The van der Waals surface area contributed by atoms with E-state index in [9.17, 15) is 24.0 Å². The van der Waals surface area contributed by atoms with Gasteiger partial charge in [0.05, 0.1) is 80.1 Å². The van der Waals surface area contributed by atoms with Gasteiger partial charge >= 0.3 is 12.1 Å². The second-order valence-electron chi connectivity index (χ2n) is 28.0. The number of carbonyl (C=O) groups excluding carboxylic acids is 5. The van der Waals surface area contributed by atoms with E-state index in [2.05, 4.69) is 21.3 Å². The number of rotatable bonds is 24. The van der Waals surface area contributed by atoms with Gasteiger partial charge in [0.15, 0.2) is 48.3 Å². The maximum Gasteiger partial charge on any atom is 0.407 e. The Hall–Kier alpha value is -3.49. The van der Waals surface area contributed by atoms with Crippen LogP contribution in [0.2, 0.25) is 0 Å². The van der Waals surface area contributed by atoms with Crippen molar-refractivity contribution in [3.05, 3.63) is 0 Å². The number of hydrogen-bond donors (Lipinski definition) is 4. The van der Waals surface area contributed by atoms with Crippen LogP contribution in [0, 0.1) is 23.7 Å². The molecule has 27 nitrogen and oxygen atoms in total. The van der Waals surface area contributed by atoms with Gasteiger partial charge in [-0.25, -0.2) is 4.79 Å². The number of nitrogens with one attached hydrogen (secondary N) is 4. The van der Waals surface area contributed by atoms with E-state index < -0.39 is 187 Å². The van der Waals surface area contributed by atoms with Crippen LogP contribution in [0.5, 0.6) is 0 Å². The van der Waals surface area contributed by atoms with Gasteiger partial charge in [0, 0.05) is 77.8 Å². The third-order valence-electron chi connectivity index (χ3n) is 18.3. The molecule has 8 rings (SSSR count). The SMILES string of the molecule is COC(=O)CC[C@H](NC(=O)CC[C@H](NC(=O)CC[C@H](NC(=O)CC[C@H](NC(=O)OC(C)(C)C)C1O[C@@H]2OC(C)(C)O[C@@H]2[C@@H](OC)[C@@H]1C)C1O[C@@H]2OC(C)(C)O[C@@H]2[C@@H](OC)[C@@H]1C)C1O[C@@H]2OC(C)(C)O[C@@H]2[C@@H](OC)[C@@H]1C)C1O[C@@H]2OC(C)(C)O[C@@H]2[C@@H](OC)[C@@H]1C. The smallest absolute Gasteiger partial charge is 0.407 e. The molecule has 0 aromatic rings. The topological polar surface area (TPSA) is 300 Å². The zero-order chi connectivity index (χ0) is 65.5. The molecule has 8 heterocycles. The second-order valence-corrected chi connectivity index (χ2v) is 28.0. The Balaban J connectivity index is 1.03. The van der Waals surface area contributed by atoms with Gasteiger partial charge in [0.25, 0.3) is 0 Å². The number of alkyl carbamates (subject to hydrolysis) is 1. The lowest BCUT2D eigenvalue weighted by Gasteiger charge is -2.44. The first kappa shape index (κ1) is 71.4. The van der Waals surface area contributed by atoms with Gasteiger partial charge in [-0.3, -0.25) is 19.2 Å². The highest BCUT2D eigenvalue weighted by atomic mass is 16.9. The first-order chi connectivity index (χ1) is 41.6. The second kappa shape index (κ2) is 28.6. The highest BCUT2D eigenvalue weighted by Crippen LogP contribution is 2.45. The summed E-state index contributed by atoms with van der Waals surface area (Å²) in [4.78, 5) is 70.3. The molecule has 8 fully saturated rings. The van der Waals surface area contributed by atoms with Crippen LogP contribution in [0.3, 0.4) is 0 Å². The Bertz CT molecular complexity index is 2430. The highest BCUT2D eigenvalue weighted by Gasteiger charge is 2.60. The molecule has 89 heavy (non-hydrogen) atoms. The molecule has 510 valence electrons. The van der Waals surface area contributed by atoms with Crippen molar-refractivity contribution < 1.29 is 109 Å². The molecule has 0 aromatic carbocycles. The van der Waals surface area contributed by atoms with Crippen molar-refractivity contribution in [2.24, 2.45) is 23.7 Å². The molecule has 4 N–H and O–H groups in total. The summed E-state index contributed by atoms with van der Waals surface area (Å²) in [5.41, 5.74) is -0.835. The first-order valence-electron chi connectivity index (χ1n) is 31.7. The summed E-state index contributed by atoms with van der Waals surface area (Å²) in [6, 6.07) is -3.14. The monoisotopic (exact) mass is 1270 g/mol. The summed E-state index contributed by atoms with van der Waals surface area (Å²) in [7, 11) is 7.63. The number of ether oxygens (including phenoxy) is 18. The van der Waals surface area contributed by atoms with Crippen LogP contribution >= 0.6 is 0 Å². The Morgan fingerprint density at radius 1 is 0.393 bits per heavy atom. The molecular formula is C62H104N4O23. The average Bonchev–Trinajstić information content (AvgIpc) is 1.72. The van der Waals surface area contributed by atoms with Gasteiger partial charge in [0.1, 0.15) is 30.0 Å². The summed E-state index contributed by atoms with van der Waals surface area (Å²) < 4.78 is 111. The average molecular weight is 1270 g/mol. The van der Waals surface area contributed by atoms with E-state index in [0.717, 1.165) is 0 Å². The van der Waals surface area contributed by atoms with Crippen molar-refractivity contribution in [2.75, 3.05) is 35.5 Å². The maximum absolute atomic E-state index is 14.9. The highest BCUT2D eigenvalue weighted by molar-refractivity contribution is 5.79. The minimum atomic E-state index is -1.02. The fraction of sp³-hybridized carbons (Fsp3) is 0.919. The molecule has 0 aromatic heterocycles. The molecule has 0 radical (unpaired) electrons. The molecule has 8 aliphatic rings. The van der Waals surface area contributed by atoms with Gasteiger partial charge in [-0.05, 0) is 102 Å². The minimum absolute atomic E-state index is 0.0202. The number of methoxy groups -OCH3 is 5. The quantitative estimate of drug-likeness (QED) is 0.0949. The van der Waals surface area contributed by atoms with Crippen molar-refractivity contribution in [2.45, 2.75) is 307 Å². The van der Waals surface area contributed by atoms with Crippen LogP contribution < -0.4 is 21.3 Å². The van der Waals surface area contributed by atoms with Gasteiger partial charge in [-0.15, -0.1) is 0 Å². The predicted octanol–water partition coefficient (Wildman–Crippen LogP) is 4.74. The maximum atomic E-state index is 14.9. The van der Waals surface area contributed by atoms with Crippen LogP contribution in [0.25, 0.3) is 0 Å². The molecular weight excluding hydrogens is 1170 g/mol. The van der Waals surface area contributed by atoms with E-state index in [1.54, 1.807) is 105 Å². The largest absolute Gasteiger partial charge is 0.469 e. The molecule has 0 aliphatic carbocycles. The number of fused-ring (bicyclic) bond motifs is 4. The lowest BCUT2D eigenvalue weighted by molar-refractivity contribution is -0.244. The van der Waals surface area contributed by atoms with Gasteiger partial charge in [-0.2, -0.15) is 0 Å².